The van der Waals surface area contributed by atoms with Crippen LogP contribution in [0.15, 0.2) is 22.7 Å². The summed E-state index contributed by atoms with van der Waals surface area (Å²) in [5, 5.41) is 13.5. The van der Waals surface area contributed by atoms with Gasteiger partial charge in [0.2, 0.25) is 0 Å². The number of carbonyl (C=O) groups excluding carboxylic acids is 1. The molecule has 2 aromatic heterocycles. The number of nitrogens with zero attached hydrogens (tertiary/aromatic N) is 1. The molecule has 1 amide bonds. The van der Waals surface area contributed by atoms with E-state index in [1.54, 1.807) is 18.3 Å². The number of nitrogens with one attached hydrogen (secondary N) is 1. The lowest BCUT2D eigenvalue weighted by atomic mass is 10.2. The topological polar surface area (TPSA) is 122 Å². The first-order chi connectivity index (χ1) is 8.10. The van der Waals surface area contributed by atoms with Crippen LogP contribution in [0.25, 0.3) is 11.3 Å². The van der Waals surface area contributed by atoms with Crippen molar-refractivity contribution >= 4 is 12.4 Å². The molecule has 0 radical (unpaired) electrons. The van der Waals surface area contributed by atoms with E-state index in [1.165, 1.54) is 0 Å². The van der Waals surface area contributed by atoms with E-state index in [1.807, 2.05) is 6.92 Å². The smallest absolute Gasteiger partial charge is 0.290 e. The van der Waals surface area contributed by atoms with Crippen LogP contribution in [-0.2, 0) is 4.79 Å². The monoisotopic (exact) mass is 237 g/mol. The third-order valence-corrected chi connectivity index (χ3v) is 1.95. The fourth-order valence-electron chi connectivity index (χ4n) is 1.22. The largest absolute Gasteiger partial charge is 0.483 e. The lowest BCUT2D eigenvalue weighted by Crippen LogP contribution is -2.09. The third kappa shape index (κ3) is 2.94. The van der Waals surface area contributed by atoms with Crippen molar-refractivity contribution in [2.75, 3.05) is 0 Å². The Morgan fingerprint density at radius 3 is 2.65 bits per heavy atom. The number of nitrogens with two attached hydrogens (primary N) is 1. The highest BCUT2D eigenvalue weighted by atomic mass is 16.4. The number of primary amides is 1. The first-order valence-electron chi connectivity index (χ1n) is 4.58. The van der Waals surface area contributed by atoms with E-state index in [-0.39, 0.29) is 12.2 Å². The highest BCUT2D eigenvalue weighted by molar-refractivity contribution is 5.90. The van der Waals surface area contributed by atoms with Crippen molar-refractivity contribution in [2.24, 2.45) is 5.73 Å². The molecule has 17 heavy (non-hydrogen) atoms. The molecule has 4 N–H and O–H groups in total. The minimum absolute atomic E-state index is 0.153. The average Bonchev–Trinajstić information content (AvgIpc) is 2.86. The quantitative estimate of drug-likeness (QED) is 0.666. The SMILES string of the molecule is Cc1n[nH]cc1-c1ccc(C(N)=O)o1.O=CO. The molecule has 0 aliphatic carbocycles. The highest BCUT2D eigenvalue weighted by Crippen LogP contribution is 2.23. The molecule has 0 saturated heterocycles. The number of aryl methyl sites for hydroxylation is 1. The second-order valence-electron chi connectivity index (χ2n) is 3.02. The number of rotatable bonds is 2. The summed E-state index contributed by atoms with van der Waals surface area (Å²) in [7, 11) is 0. The van der Waals surface area contributed by atoms with E-state index in [2.05, 4.69) is 10.2 Å². The molecule has 0 aliphatic heterocycles. The fourth-order valence-corrected chi connectivity index (χ4v) is 1.22. The fraction of sp³-hybridized carbons (Fsp3) is 0.100. The van der Waals surface area contributed by atoms with Gasteiger partial charge in [-0.1, -0.05) is 0 Å². The Kier molecular flexibility index (Phi) is 4.04. The normalized spacial score (nSPS) is 9.24. The van der Waals surface area contributed by atoms with Crippen LogP contribution in [0.4, 0.5) is 0 Å². The van der Waals surface area contributed by atoms with E-state index in [4.69, 9.17) is 20.1 Å². The van der Waals surface area contributed by atoms with Crippen LogP contribution in [0, 0.1) is 6.92 Å². The maximum absolute atomic E-state index is 10.8. The second-order valence-corrected chi connectivity index (χ2v) is 3.02. The first-order valence-corrected chi connectivity index (χ1v) is 4.58. The van der Waals surface area contributed by atoms with Crippen molar-refractivity contribution < 1.29 is 19.1 Å². The van der Waals surface area contributed by atoms with Crippen molar-refractivity contribution in [2.45, 2.75) is 6.92 Å². The molecule has 0 spiro atoms. The van der Waals surface area contributed by atoms with E-state index in [9.17, 15) is 4.79 Å². The molecule has 2 aromatic rings. The zero-order valence-corrected chi connectivity index (χ0v) is 9.01. The molecule has 0 aliphatic rings. The Morgan fingerprint density at radius 2 is 2.24 bits per heavy atom. The molecule has 90 valence electrons. The number of amides is 1. The van der Waals surface area contributed by atoms with Gasteiger partial charge in [-0.3, -0.25) is 14.7 Å². The summed E-state index contributed by atoms with van der Waals surface area (Å²) in [5.41, 5.74) is 6.71. The molecule has 2 rings (SSSR count). The van der Waals surface area contributed by atoms with Gasteiger partial charge < -0.3 is 15.3 Å². The first kappa shape index (κ1) is 12.5. The van der Waals surface area contributed by atoms with Crippen LogP contribution in [-0.4, -0.2) is 27.7 Å². The summed E-state index contributed by atoms with van der Waals surface area (Å²) in [4.78, 5) is 19.1. The van der Waals surface area contributed by atoms with Crippen molar-refractivity contribution in [3.8, 4) is 11.3 Å². The third-order valence-electron chi connectivity index (χ3n) is 1.95. The number of carbonyl (C=O) groups is 2. The van der Waals surface area contributed by atoms with Crippen LogP contribution >= 0.6 is 0 Å². The minimum Gasteiger partial charge on any atom is -0.483 e. The van der Waals surface area contributed by atoms with E-state index < -0.39 is 5.91 Å². The zero-order valence-electron chi connectivity index (χ0n) is 9.01. The number of aromatic amines is 1. The van der Waals surface area contributed by atoms with Gasteiger partial charge >= 0.3 is 0 Å². The number of carboxylic acid groups (broad SMARTS) is 1. The molecule has 0 aromatic carbocycles. The van der Waals surface area contributed by atoms with E-state index in [0.717, 1.165) is 11.3 Å². The van der Waals surface area contributed by atoms with Gasteiger partial charge in [0, 0.05) is 6.20 Å². The van der Waals surface area contributed by atoms with Gasteiger partial charge in [0.15, 0.2) is 5.76 Å². The molecule has 2 heterocycles. The van der Waals surface area contributed by atoms with Crippen LogP contribution in [0.5, 0.6) is 0 Å². The number of aromatic nitrogens is 2. The summed E-state index contributed by atoms with van der Waals surface area (Å²) in [6.45, 7) is 1.60. The van der Waals surface area contributed by atoms with Crippen LogP contribution in [0.3, 0.4) is 0 Å². The molecular formula is C10H11N3O4. The summed E-state index contributed by atoms with van der Waals surface area (Å²) in [6, 6.07) is 3.24. The predicted molar refractivity (Wildman–Crippen MR) is 58.2 cm³/mol. The van der Waals surface area contributed by atoms with Gasteiger partial charge in [-0.2, -0.15) is 5.10 Å². The molecule has 7 heteroatoms. The highest BCUT2D eigenvalue weighted by Gasteiger charge is 2.11. The Hall–Kier alpha value is -2.57. The molecule has 0 bridgehead atoms. The van der Waals surface area contributed by atoms with Crippen LogP contribution < -0.4 is 5.73 Å². The summed E-state index contributed by atoms with van der Waals surface area (Å²) < 4.78 is 5.24. The lowest BCUT2D eigenvalue weighted by Gasteiger charge is -1.91. The van der Waals surface area contributed by atoms with Gasteiger partial charge in [0.1, 0.15) is 5.76 Å². The maximum Gasteiger partial charge on any atom is 0.290 e. The van der Waals surface area contributed by atoms with Crippen LogP contribution in [0.1, 0.15) is 16.2 Å². The van der Waals surface area contributed by atoms with E-state index in [0.29, 0.717) is 5.76 Å². The lowest BCUT2D eigenvalue weighted by molar-refractivity contribution is -0.122. The van der Waals surface area contributed by atoms with Gasteiger partial charge in [-0.25, -0.2) is 0 Å². The van der Waals surface area contributed by atoms with Crippen molar-refractivity contribution in [1.82, 2.24) is 10.2 Å². The minimum atomic E-state index is -0.572. The molecular weight excluding hydrogens is 226 g/mol. The Labute approximate surface area is 96.2 Å². The zero-order chi connectivity index (χ0) is 12.8. The molecule has 0 saturated carbocycles. The maximum atomic E-state index is 10.8. The number of hydrogen-bond acceptors (Lipinski definition) is 4. The predicted octanol–water partition coefficient (Wildman–Crippen LogP) is 0.778. The van der Waals surface area contributed by atoms with Gasteiger partial charge in [0.25, 0.3) is 12.4 Å². The average molecular weight is 237 g/mol. The number of hydrogen-bond donors (Lipinski definition) is 3. The van der Waals surface area contributed by atoms with Gasteiger partial charge in [-0.05, 0) is 19.1 Å². The molecule has 0 atom stereocenters. The van der Waals surface area contributed by atoms with Crippen LogP contribution in [0.2, 0.25) is 0 Å². The van der Waals surface area contributed by atoms with Gasteiger partial charge in [0.05, 0.1) is 11.3 Å². The number of furan rings is 1. The molecule has 0 unspecified atom stereocenters. The van der Waals surface area contributed by atoms with Gasteiger partial charge in [-0.15, -0.1) is 0 Å². The van der Waals surface area contributed by atoms with Crippen molar-refractivity contribution in [3.63, 3.8) is 0 Å². The van der Waals surface area contributed by atoms with Crippen molar-refractivity contribution in [3.05, 3.63) is 29.8 Å². The molecule has 0 fully saturated rings. The summed E-state index contributed by atoms with van der Waals surface area (Å²) in [6.07, 6.45) is 1.71. The second kappa shape index (κ2) is 5.50. The molecule has 7 nitrogen and oxygen atoms in total. The summed E-state index contributed by atoms with van der Waals surface area (Å²) in [5.74, 6) is 0.169. The summed E-state index contributed by atoms with van der Waals surface area (Å²) >= 11 is 0. The Bertz CT molecular complexity index is 515. The number of H-pyrrole nitrogens is 1. The van der Waals surface area contributed by atoms with E-state index >= 15 is 0 Å². The Morgan fingerprint density at radius 1 is 1.59 bits per heavy atom. The van der Waals surface area contributed by atoms with Crippen molar-refractivity contribution in [1.29, 1.82) is 0 Å². The Balaban J connectivity index is 0.000000437. The standard InChI is InChI=1S/C9H9N3O2.CH2O2/c1-5-6(4-11-12-5)7-2-3-8(14-7)9(10)13;2-1-3/h2-4H,1H3,(H2,10,13)(H,11,12);1H,(H,2,3).